The number of ether oxygens (including phenoxy) is 1. The Morgan fingerprint density at radius 2 is 2.42 bits per heavy atom. The number of imidazole rings is 1. The summed E-state index contributed by atoms with van der Waals surface area (Å²) in [5.41, 5.74) is -0.544. The van der Waals surface area contributed by atoms with Gasteiger partial charge in [-0.05, 0) is 12.8 Å². The third-order valence-corrected chi connectivity index (χ3v) is 3.50. The summed E-state index contributed by atoms with van der Waals surface area (Å²) in [4.78, 5) is 32.8. The summed E-state index contributed by atoms with van der Waals surface area (Å²) in [6.45, 7) is 0.723. The van der Waals surface area contributed by atoms with E-state index in [9.17, 15) is 9.59 Å². The Morgan fingerprint density at radius 1 is 1.63 bits per heavy atom. The molecule has 0 aromatic carbocycles. The van der Waals surface area contributed by atoms with E-state index in [0.29, 0.717) is 18.7 Å². The summed E-state index contributed by atoms with van der Waals surface area (Å²) in [7, 11) is 3.10. The summed E-state index contributed by atoms with van der Waals surface area (Å²) in [6.07, 6.45) is 4.28. The molecule has 1 aromatic heterocycles. The Labute approximate surface area is 111 Å². The summed E-state index contributed by atoms with van der Waals surface area (Å²) in [6, 6.07) is 0. The number of hydrogen-bond donors (Lipinski definition) is 2. The highest BCUT2D eigenvalue weighted by Crippen LogP contribution is 2.31. The van der Waals surface area contributed by atoms with Crippen LogP contribution in [0.2, 0.25) is 0 Å². The smallest absolute Gasteiger partial charge is 0.272 e. The minimum absolute atomic E-state index is 0.187. The Bertz CT molecular complexity index is 460. The van der Waals surface area contributed by atoms with E-state index in [-0.39, 0.29) is 18.4 Å². The number of nitrogens with zero attached hydrogens (tertiary/aromatic N) is 2. The average molecular weight is 266 g/mol. The van der Waals surface area contributed by atoms with Crippen molar-refractivity contribution < 1.29 is 14.3 Å². The van der Waals surface area contributed by atoms with Gasteiger partial charge in [-0.15, -0.1) is 0 Å². The van der Waals surface area contributed by atoms with Crippen LogP contribution in [-0.4, -0.2) is 59.5 Å². The molecule has 1 unspecified atom stereocenters. The van der Waals surface area contributed by atoms with Crippen molar-refractivity contribution in [2.24, 2.45) is 0 Å². The molecule has 0 saturated carbocycles. The number of H-pyrrole nitrogens is 1. The fourth-order valence-corrected chi connectivity index (χ4v) is 2.62. The fourth-order valence-electron chi connectivity index (χ4n) is 2.62. The molecule has 0 aliphatic carbocycles. The molecule has 7 nitrogen and oxygen atoms in total. The predicted octanol–water partition coefficient (Wildman–Crippen LogP) is -0.223. The second kappa shape index (κ2) is 5.40. The number of amides is 2. The van der Waals surface area contributed by atoms with E-state index in [0.717, 1.165) is 6.42 Å². The van der Waals surface area contributed by atoms with Gasteiger partial charge in [-0.2, -0.15) is 0 Å². The van der Waals surface area contributed by atoms with Gasteiger partial charge in [0.05, 0.1) is 19.1 Å². The van der Waals surface area contributed by atoms with E-state index in [2.05, 4.69) is 15.3 Å². The van der Waals surface area contributed by atoms with Crippen molar-refractivity contribution in [3.05, 3.63) is 18.2 Å². The number of hydrogen-bond acceptors (Lipinski definition) is 4. The molecule has 1 aliphatic rings. The molecule has 104 valence electrons. The maximum Gasteiger partial charge on any atom is 0.272 e. The second-order valence-electron chi connectivity index (χ2n) is 4.57. The molecule has 2 N–H and O–H groups in total. The molecule has 1 fully saturated rings. The molecule has 2 amide bonds. The zero-order valence-corrected chi connectivity index (χ0v) is 11.1. The lowest BCUT2D eigenvalue weighted by atomic mass is 9.95. The molecule has 1 saturated heterocycles. The first-order chi connectivity index (χ1) is 9.15. The van der Waals surface area contributed by atoms with Crippen LogP contribution < -0.4 is 5.32 Å². The van der Waals surface area contributed by atoms with Crippen LogP contribution in [0.1, 0.15) is 23.3 Å². The summed E-state index contributed by atoms with van der Waals surface area (Å²) >= 11 is 0. The molecule has 2 rings (SSSR count). The van der Waals surface area contributed by atoms with E-state index in [1.54, 1.807) is 11.9 Å². The first kappa shape index (κ1) is 13.5. The molecular formula is C12H18N4O3. The number of likely N-dealkylation sites (tertiary alicyclic amines) is 1. The van der Waals surface area contributed by atoms with Crippen molar-refractivity contribution in [1.29, 1.82) is 0 Å². The SMILES string of the molecule is CNC(=O)C1(COC)CCCN1C(=O)c1cnc[nH]1. The largest absolute Gasteiger partial charge is 0.382 e. The van der Waals surface area contributed by atoms with E-state index in [1.165, 1.54) is 19.6 Å². The summed E-state index contributed by atoms with van der Waals surface area (Å²) in [5, 5.41) is 2.62. The molecule has 0 radical (unpaired) electrons. The highest BCUT2D eigenvalue weighted by Gasteiger charge is 2.49. The van der Waals surface area contributed by atoms with Crippen molar-refractivity contribution in [1.82, 2.24) is 20.2 Å². The van der Waals surface area contributed by atoms with Crippen molar-refractivity contribution in [2.45, 2.75) is 18.4 Å². The van der Waals surface area contributed by atoms with Gasteiger partial charge >= 0.3 is 0 Å². The van der Waals surface area contributed by atoms with Gasteiger partial charge in [-0.3, -0.25) is 9.59 Å². The predicted molar refractivity (Wildman–Crippen MR) is 67.5 cm³/mol. The quantitative estimate of drug-likeness (QED) is 0.788. The lowest BCUT2D eigenvalue weighted by Gasteiger charge is -2.35. The zero-order chi connectivity index (χ0) is 13.9. The van der Waals surface area contributed by atoms with Gasteiger partial charge in [0.15, 0.2) is 0 Å². The number of nitrogens with one attached hydrogen (secondary N) is 2. The van der Waals surface area contributed by atoms with E-state index in [4.69, 9.17) is 4.74 Å². The Morgan fingerprint density at radius 3 is 3.00 bits per heavy atom. The number of carbonyl (C=O) groups excluding carboxylic acids is 2. The van der Waals surface area contributed by atoms with Crippen molar-refractivity contribution >= 4 is 11.8 Å². The number of methoxy groups -OCH3 is 1. The number of likely N-dealkylation sites (N-methyl/N-ethyl adjacent to an activating group) is 1. The third-order valence-electron chi connectivity index (χ3n) is 3.50. The van der Waals surface area contributed by atoms with Crippen molar-refractivity contribution in [3.8, 4) is 0 Å². The summed E-state index contributed by atoms with van der Waals surface area (Å²) < 4.78 is 5.17. The maximum atomic E-state index is 12.4. The monoisotopic (exact) mass is 266 g/mol. The lowest BCUT2D eigenvalue weighted by molar-refractivity contribution is -0.133. The van der Waals surface area contributed by atoms with Crippen molar-refractivity contribution in [2.75, 3.05) is 27.3 Å². The molecule has 1 aliphatic heterocycles. The van der Waals surface area contributed by atoms with Crippen LogP contribution in [-0.2, 0) is 9.53 Å². The Hall–Kier alpha value is -1.89. The molecule has 1 aromatic rings. The first-order valence-corrected chi connectivity index (χ1v) is 6.17. The molecular weight excluding hydrogens is 248 g/mol. The maximum absolute atomic E-state index is 12.4. The number of carbonyl (C=O) groups is 2. The van der Waals surface area contributed by atoms with Crippen LogP contribution in [0.5, 0.6) is 0 Å². The van der Waals surface area contributed by atoms with Gasteiger partial charge in [0.25, 0.3) is 5.91 Å². The Balaban J connectivity index is 2.32. The van der Waals surface area contributed by atoms with Crippen LogP contribution in [0.15, 0.2) is 12.5 Å². The normalized spacial score (nSPS) is 22.5. The van der Waals surface area contributed by atoms with Gasteiger partial charge in [0.1, 0.15) is 11.2 Å². The first-order valence-electron chi connectivity index (χ1n) is 6.17. The van der Waals surface area contributed by atoms with Gasteiger partial charge in [-0.25, -0.2) is 4.98 Å². The molecule has 2 heterocycles. The van der Waals surface area contributed by atoms with Gasteiger partial charge in [0, 0.05) is 20.7 Å². The molecule has 19 heavy (non-hydrogen) atoms. The van der Waals surface area contributed by atoms with Crippen LogP contribution in [0.3, 0.4) is 0 Å². The van der Waals surface area contributed by atoms with Crippen LogP contribution in [0, 0.1) is 0 Å². The number of aromatic nitrogens is 2. The average Bonchev–Trinajstić information content (AvgIpc) is 3.07. The van der Waals surface area contributed by atoms with E-state index < -0.39 is 5.54 Å². The number of aromatic amines is 1. The fraction of sp³-hybridized carbons (Fsp3) is 0.583. The van der Waals surface area contributed by atoms with Crippen LogP contribution in [0.4, 0.5) is 0 Å². The van der Waals surface area contributed by atoms with Gasteiger partial charge < -0.3 is 19.9 Å². The van der Waals surface area contributed by atoms with E-state index in [1.807, 2.05) is 0 Å². The topological polar surface area (TPSA) is 87.3 Å². The number of rotatable bonds is 4. The standard InChI is InChI=1S/C12H18N4O3/c1-13-11(18)12(7-19-2)4-3-5-16(12)10(17)9-6-14-8-15-9/h6,8H,3-5,7H2,1-2H3,(H,13,18)(H,14,15). The van der Waals surface area contributed by atoms with E-state index >= 15 is 0 Å². The van der Waals surface area contributed by atoms with Crippen molar-refractivity contribution in [3.63, 3.8) is 0 Å². The van der Waals surface area contributed by atoms with Crippen LogP contribution >= 0.6 is 0 Å². The third kappa shape index (κ3) is 2.21. The molecule has 0 spiro atoms. The second-order valence-corrected chi connectivity index (χ2v) is 4.57. The highest BCUT2D eigenvalue weighted by molar-refractivity contribution is 5.98. The minimum Gasteiger partial charge on any atom is -0.382 e. The van der Waals surface area contributed by atoms with Gasteiger partial charge in [-0.1, -0.05) is 0 Å². The minimum atomic E-state index is -0.925. The van der Waals surface area contributed by atoms with Crippen LogP contribution in [0.25, 0.3) is 0 Å². The van der Waals surface area contributed by atoms with Gasteiger partial charge in [0.2, 0.25) is 5.91 Å². The summed E-state index contributed by atoms with van der Waals surface area (Å²) in [5.74, 6) is -0.421. The zero-order valence-electron chi connectivity index (χ0n) is 11.1. The molecule has 1 atom stereocenters. The lowest BCUT2D eigenvalue weighted by Crippen LogP contribution is -2.59. The highest BCUT2D eigenvalue weighted by atomic mass is 16.5. The Kier molecular flexibility index (Phi) is 3.84. The molecule has 7 heteroatoms. The molecule has 0 bridgehead atoms.